The summed E-state index contributed by atoms with van der Waals surface area (Å²) in [7, 11) is -0.788. The maximum absolute atomic E-state index is 15.1. The Hall–Kier alpha value is -4.97. The van der Waals surface area contributed by atoms with E-state index in [2.05, 4.69) is 43.1 Å². The second kappa shape index (κ2) is 23.3. The minimum atomic E-state index is -4.11. The fraction of sp³-hybridized carbons (Fsp3) is 0.510. The molecule has 0 fully saturated rings. The van der Waals surface area contributed by atoms with Gasteiger partial charge in [-0.1, -0.05) is 96.3 Å². The Morgan fingerprint density at radius 1 is 0.803 bits per heavy atom. The summed E-state index contributed by atoms with van der Waals surface area (Å²) in [6.07, 6.45) is 11.3. The zero-order chi connectivity index (χ0) is 44.7. The molecule has 0 aromatic heterocycles. The molecule has 0 aliphatic carbocycles. The zero-order valence-corrected chi connectivity index (χ0v) is 39.2. The van der Waals surface area contributed by atoms with E-state index in [1.807, 2.05) is 57.2 Å². The number of hydrogen-bond acceptors (Lipinski definition) is 8. The normalized spacial score (nSPS) is 14.5. The van der Waals surface area contributed by atoms with Crippen molar-refractivity contribution in [3.05, 3.63) is 88.5 Å². The van der Waals surface area contributed by atoms with E-state index in [0.29, 0.717) is 35.5 Å². The first-order valence-corrected chi connectivity index (χ1v) is 23.7. The molecule has 11 nitrogen and oxygen atoms in total. The average molecular weight is 855 g/mol. The molecule has 1 unspecified atom stereocenters. The molecule has 3 aromatic rings. The highest BCUT2D eigenvalue weighted by Gasteiger charge is 2.41. The molecule has 0 spiro atoms. The SMILES string of the molecule is CCCCCCCCC(CCCCCC)N1C(C(=Nc2ccc(N(CC)c3ccccc3)cc2C)C(=O)Nc2cc(C(=O)N(C)C)ccc2OC(C)C)=NC(C)=C(C)S1(=O)=O. The molecule has 1 aliphatic heterocycles. The Balaban J connectivity index is 1.93. The van der Waals surface area contributed by atoms with Crippen LogP contribution in [0.2, 0.25) is 0 Å². The zero-order valence-electron chi connectivity index (χ0n) is 38.4. The van der Waals surface area contributed by atoms with Crippen LogP contribution in [0.4, 0.5) is 22.7 Å². The van der Waals surface area contributed by atoms with Gasteiger partial charge in [0.25, 0.3) is 21.8 Å². The van der Waals surface area contributed by atoms with Gasteiger partial charge in [0.05, 0.1) is 28.1 Å². The van der Waals surface area contributed by atoms with Crippen molar-refractivity contribution in [2.75, 3.05) is 30.9 Å². The van der Waals surface area contributed by atoms with Gasteiger partial charge < -0.3 is 19.9 Å². The number of rotatable bonds is 23. The number of anilines is 3. The van der Waals surface area contributed by atoms with Crippen molar-refractivity contribution in [3.63, 3.8) is 0 Å². The standard InChI is InChI=1S/C49H70N6O5S/c1-11-14-16-18-19-22-28-41(27-21-17-15-12-2)55-47(50-37(7)38(8)61(55,58)59)46(48(56)52-44-34-39(49(57)53(9)10)29-32-45(44)60-35(4)5)51-43-31-30-42(33-36(43)6)54(13-3)40-25-23-20-24-26-40/h20,23-26,29-35,41H,11-19,21-22,27-28H2,1-10H3,(H,52,56). The molecule has 4 rings (SSSR count). The number of amides is 2. The highest BCUT2D eigenvalue weighted by atomic mass is 32.2. The number of benzene rings is 3. The highest BCUT2D eigenvalue weighted by Crippen LogP contribution is 2.35. The first kappa shape index (κ1) is 48.7. The predicted octanol–water partition coefficient (Wildman–Crippen LogP) is 11.7. The van der Waals surface area contributed by atoms with Crippen LogP contribution in [-0.2, 0) is 14.8 Å². The quantitative estimate of drug-likeness (QED) is 0.0748. The fourth-order valence-corrected chi connectivity index (χ4v) is 9.21. The topological polar surface area (TPSA) is 124 Å². The molecule has 0 bridgehead atoms. The monoisotopic (exact) mass is 855 g/mol. The van der Waals surface area contributed by atoms with Crippen LogP contribution >= 0.6 is 0 Å². The van der Waals surface area contributed by atoms with E-state index in [1.54, 1.807) is 46.1 Å². The van der Waals surface area contributed by atoms with Crippen molar-refractivity contribution < 1.29 is 22.7 Å². The molecule has 1 aliphatic rings. The number of ether oxygens (including phenoxy) is 1. The summed E-state index contributed by atoms with van der Waals surface area (Å²) in [6, 6.07) is 20.4. The number of carbonyl (C=O) groups excluding carboxylic acids is 2. The van der Waals surface area contributed by atoms with E-state index < -0.39 is 22.0 Å². The van der Waals surface area contributed by atoms with Gasteiger partial charge >= 0.3 is 0 Å². The van der Waals surface area contributed by atoms with Crippen molar-refractivity contribution in [1.29, 1.82) is 0 Å². The molecule has 1 atom stereocenters. The van der Waals surface area contributed by atoms with E-state index in [4.69, 9.17) is 14.7 Å². The van der Waals surface area contributed by atoms with Crippen LogP contribution in [0.1, 0.15) is 141 Å². The summed E-state index contributed by atoms with van der Waals surface area (Å²) in [5, 5.41) is 3.00. The fourth-order valence-electron chi connectivity index (χ4n) is 7.54. The Morgan fingerprint density at radius 2 is 1.43 bits per heavy atom. The van der Waals surface area contributed by atoms with Gasteiger partial charge in [-0.15, -0.1) is 0 Å². The van der Waals surface area contributed by atoms with Gasteiger partial charge in [-0.25, -0.2) is 22.7 Å². The summed E-state index contributed by atoms with van der Waals surface area (Å²) in [6.45, 7) is 16.1. The molecule has 2 amide bonds. The predicted molar refractivity (Wildman–Crippen MR) is 253 cm³/mol. The van der Waals surface area contributed by atoms with Crippen molar-refractivity contribution in [2.45, 2.75) is 145 Å². The third-order valence-electron chi connectivity index (χ3n) is 11.0. The summed E-state index contributed by atoms with van der Waals surface area (Å²) < 4.78 is 37.2. The van der Waals surface area contributed by atoms with Crippen LogP contribution in [0, 0.1) is 6.92 Å². The van der Waals surface area contributed by atoms with Gasteiger partial charge in [-0.2, -0.15) is 0 Å². The molecule has 3 aromatic carbocycles. The van der Waals surface area contributed by atoms with Crippen LogP contribution in [0.3, 0.4) is 0 Å². The molecular formula is C49H70N6O5S. The van der Waals surface area contributed by atoms with Gasteiger partial charge in [0.1, 0.15) is 5.75 Å². The van der Waals surface area contributed by atoms with Crippen molar-refractivity contribution in [2.24, 2.45) is 9.98 Å². The lowest BCUT2D eigenvalue weighted by Crippen LogP contribution is -2.52. The van der Waals surface area contributed by atoms with Crippen molar-refractivity contribution >= 4 is 56.1 Å². The van der Waals surface area contributed by atoms with Gasteiger partial charge in [0.2, 0.25) is 0 Å². The summed E-state index contributed by atoms with van der Waals surface area (Å²) >= 11 is 0. The van der Waals surface area contributed by atoms with Gasteiger partial charge in [-0.05, 0) is 108 Å². The number of aryl methyl sites for hydroxylation is 1. The second-order valence-electron chi connectivity index (χ2n) is 16.5. The molecule has 0 saturated heterocycles. The first-order valence-electron chi connectivity index (χ1n) is 22.3. The number of nitrogens with one attached hydrogen (secondary N) is 1. The number of sulfonamides is 1. The number of para-hydroxylation sites is 1. The van der Waals surface area contributed by atoms with Gasteiger partial charge in [0.15, 0.2) is 11.5 Å². The molecular weight excluding hydrogens is 785 g/mol. The van der Waals surface area contributed by atoms with E-state index >= 15 is 4.79 Å². The van der Waals surface area contributed by atoms with Gasteiger partial charge in [0, 0.05) is 43.6 Å². The third-order valence-corrected chi connectivity index (χ3v) is 13.1. The maximum atomic E-state index is 15.1. The van der Waals surface area contributed by atoms with E-state index in [1.165, 1.54) is 15.6 Å². The van der Waals surface area contributed by atoms with Crippen LogP contribution in [0.15, 0.2) is 87.3 Å². The number of aliphatic imine (C=N–C) groups is 2. The highest BCUT2D eigenvalue weighted by molar-refractivity contribution is 7.93. The minimum absolute atomic E-state index is 0.0122. The van der Waals surface area contributed by atoms with Crippen LogP contribution in [-0.4, -0.2) is 73.8 Å². The van der Waals surface area contributed by atoms with E-state index in [9.17, 15) is 13.2 Å². The molecule has 12 heteroatoms. The molecule has 1 N–H and O–H groups in total. The second-order valence-corrected chi connectivity index (χ2v) is 18.4. The van der Waals surface area contributed by atoms with Crippen molar-refractivity contribution in [3.8, 4) is 5.75 Å². The number of carbonyl (C=O) groups is 2. The lowest BCUT2D eigenvalue weighted by molar-refractivity contribution is -0.110. The minimum Gasteiger partial charge on any atom is -0.489 e. The number of nitrogens with zero attached hydrogens (tertiary/aromatic N) is 5. The smallest absolute Gasteiger partial charge is 0.278 e. The first-order chi connectivity index (χ1) is 29.1. The number of allylic oxidation sites excluding steroid dienone is 2. The lowest BCUT2D eigenvalue weighted by Gasteiger charge is -2.36. The molecule has 0 radical (unpaired) electrons. The van der Waals surface area contributed by atoms with Crippen LogP contribution in [0.25, 0.3) is 0 Å². The van der Waals surface area contributed by atoms with Gasteiger partial charge in [-0.3, -0.25) is 9.59 Å². The van der Waals surface area contributed by atoms with Crippen molar-refractivity contribution in [1.82, 2.24) is 9.21 Å². The Labute approximate surface area is 366 Å². The lowest BCUT2D eigenvalue weighted by atomic mass is 10.00. The third kappa shape index (κ3) is 13.0. The number of unbranched alkanes of at least 4 members (excludes halogenated alkanes) is 8. The summed E-state index contributed by atoms with van der Waals surface area (Å²) in [5.41, 5.74) is 4.03. The summed E-state index contributed by atoms with van der Waals surface area (Å²) in [4.78, 5) is 42.1. The molecule has 332 valence electrons. The van der Waals surface area contributed by atoms with E-state index in [-0.39, 0.29) is 34.2 Å². The number of hydrogen-bond donors (Lipinski definition) is 1. The maximum Gasteiger partial charge on any atom is 0.278 e. The Bertz CT molecular complexity index is 2140. The Morgan fingerprint density at radius 3 is 2.02 bits per heavy atom. The Kier molecular flexibility index (Phi) is 18.6. The molecule has 61 heavy (non-hydrogen) atoms. The average Bonchev–Trinajstić information content (AvgIpc) is 3.22. The summed E-state index contributed by atoms with van der Waals surface area (Å²) in [5.74, 6) is -0.583. The van der Waals surface area contributed by atoms with Crippen LogP contribution < -0.4 is 15.0 Å². The molecule has 0 saturated carbocycles. The number of amidine groups is 1. The largest absolute Gasteiger partial charge is 0.489 e. The molecule has 1 heterocycles. The van der Waals surface area contributed by atoms with Crippen LogP contribution in [0.5, 0.6) is 5.75 Å². The van der Waals surface area contributed by atoms with E-state index in [0.717, 1.165) is 81.3 Å².